The van der Waals surface area contributed by atoms with Gasteiger partial charge in [-0.2, -0.15) is 0 Å². The highest BCUT2D eigenvalue weighted by Crippen LogP contribution is 2.39. The summed E-state index contributed by atoms with van der Waals surface area (Å²) in [5, 5.41) is 1.01. The van der Waals surface area contributed by atoms with Crippen LogP contribution in [-0.2, 0) is 6.54 Å². The van der Waals surface area contributed by atoms with Crippen LogP contribution in [-0.4, -0.2) is 36.2 Å². The van der Waals surface area contributed by atoms with Crippen molar-refractivity contribution in [3.63, 3.8) is 0 Å². The summed E-state index contributed by atoms with van der Waals surface area (Å²) >= 11 is 1.66. The lowest BCUT2D eigenvalue weighted by molar-refractivity contribution is 0.0724. The molecule has 0 spiro atoms. The first-order valence-corrected chi connectivity index (χ1v) is 8.55. The number of fused-ring (bicyclic) bond motifs is 2. The van der Waals surface area contributed by atoms with Gasteiger partial charge in [-0.05, 0) is 26.7 Å². The molecule has 2 aliphatic rings. The van der Waals surface area contributed by atoms with Crippen LogP contribution in [0.3, 0.4) is 0 Å². The molecule has 1 fully saturated rings. The molecule has 4 heterocycles. The molecule has 23 heavy (non-hydrogen) atoms. The maximum atomic E-state index is 13.1. The van der Waals surface area contributed by atoms with Crippen LogP contribution in [0.2, 0.25) is 0 Å². The first-order valence-electron chi connectivity index (χ1n) is 7.74. The Morgan fingerprint density at radius 2 is 2.09 bits per heavy atom. The summed E-state index contributed by atoms with van der Waals surface area (Å²) in [5.41, 5.74) is 3.34. The van der Waals surface area contributed by atoms with Gasteiger partial charge in [-0.15, -0.1) is 11.3 Å². The van der Waals surface area contributed by atoms with E-state index in [9.17, 15) is 4.79 Å². The van der Waals surface area contributed by atoms with Gasteiger partial charge in [0.25, 0.3) is 5.91 Å². The van der Waals surface area contributed by atoms with Crippen LogP contribution in [0.4, 0.5) is 0 Å². The summed E-state index contributed by atoms with van der Waals surface area (Å²) < 4.78 is 1.91. The van der Waals surface area contributed by atoms with Crippen molar-refractivity contribution in [1.29, 1.82) is 0 Å². The molecule has 0 bridgehead atoms. The normalized spacial score (nSPS) is 17.3. The Morgan fingerprint density at radius 1 is 1.26 bits per heavy atom. The molecule has 1 amide bonds. The third-order valence-electron chi connectivity index (χ3n) is 4.57. The lowest BCUT2D eigenvalue weighted by Gasteiger charge is -2.23. The zero-order chi connectivity index (χ0) is 15.7. The number of amides is 1. The molecule has 3 aromatic rings. The molecule has 6 nitrogen and oxygen atoms in total. The van der Waals surface area contributed by atoms with Crippen molar-refractivity contribution in [2.24, 2.45) is 0 Å². The molecule has 0 radical (unpaired) electrons. The van der Waals surface area contributed by atoms with Gasteiger partial charge in [-0.25, -0.2) is 15.0 Å². The fourth-order valence-electron chi connectivity index (χ4n) is 3.29. The van der Waals surface area contributed by atoms with Crippen molar-refractivity contribution >= 4 is 22.8 Å². The predicted molar refractivity (Wildman–Crippen MR) is 86.5 cm³/mol. The van der Waals surface area contributed by atoms with Gasteiger partial charge in [0.05, 0.1) is 27.6 Å². The quantitative estimate of drug-likeness (QED) is 0.690. The van der Waals surface area contributed by atoms with Crippen LogP contribution in [0.15, 0.2) is 12.5 Å². The smallest absolute Gasteiger partial charge is 0.275 e. The van der Waals surface area contributed by atoms with Gasteiger partial charge in [0, 0.05) is 17.8 Å². The average molecular weight is 325 g/mol. The number of rotatable bonds is 1. The van der Waals surface area contributed by atoms with Crippen molar-refractivity contribution in [3.05, 3.63) is 34.7 Å². The van der Waals surface area contributed by atoms with E-state index >= 15 is 0 Å². The Hall–Kier alpha value is -2.28. The number of thiazole rings is 1. The predicted octanol–water partition coefficient (Wildman–Crippen LogP) is 2.59. The number of hydrogen-bond donors (Lipinski definition) is 0. The van der Waals surface area contributed by atoms with Gasteiger partial charge in [0.2, 0.25) is 0 Å². The Kier molecular flexibility index (Phi) is 2.51. The maximum absolute atomic E-state index is 13.1. The summed E-state index contributed by atoms with van der Waals surface area (Å²) in [4.78, 5) is 29.7. The monoisotopic (exact) mass is 325 g/mol. The van der Waals surface area contributed by atoms with E-state index in [1.54, 1.807) is 17.7 Å². The summed E-state index contributed by atoms with van der Waals surface area (Å²) in [6, 6.07) is 0.332. The molecule has 7 heteroatoms. The van der Waals surface area contributed by atoms with E-state index in [1.807, 2.05) is 29.3 Å². The van der Waals surface area contributed by atoms with Gasteiger partial charge < -0.3 is 4.90 Å². The number of carbonyl (C=O) groups is 1. The molecule has 0 atom stereocenters. The van der Waals surface area contributed by atoms with Gasteiger partial charge in [0.15, 0.2) is 5.69 Å². The van der Waals surface area contributed by atoms with E-state index < -0.39 is 0 Å². The van der Waals surface area contributed by atoms with Crippen molar-refractivity contribution in [2.75, 3.05) is 0 Å². The van der Waals surface area contributed by atoms with E-state index in [2.05, 4.69) is 15.0 Å². The SMILES string of the molecule is Cc1nc2c(s1)-c1cnc(C)n3cnc(c13)C(=O)N(C1CC1)C2. The largest absolute Gasteiger partial charge is 0.328 e. The molecule has 116 valence electrons. The van der Waals surface area contributed by atoms with E-state index in [0.717, 1.165) is 45.3 Å². The third kappa shape index (κ3) is 1.80. The molecule has 5 rings (SSSR count). The lowest BCUT2D eigenvalue weighted by atomic mass is 10.1. The van der Waals surface area contributed by atoms with Crippen LogP contribution < -0.4 is 0 Å². The molecule has 0 saturated heterocycles. The average Bonchev–Trinajstić information content (AvgIpc) is 3.15. The second-order valence-electron chi connectivity index (χ2n) is 6.20. The van der Waals surface area contributed by atoms with Crippen molar-refractivity contribution in [3.8, 4) is 10.4 Å². The van der Waals surface area contributed by atoms with Crippen molar-refractivity contribution < 1.29 is 4.79 Å². The maximum Gasteiger partial charge on any atom is 0.275 e. The van der Waals surface area contributed by atoms with E-state index in [4.69, 9.17) is 0 Å². The highest BCUT2D eigenvalue weighted by molar-refractivity contribution is 7.15. The van der Waals surface area contributed by atoms with Gasteiger partial charge in [-0.1, -0.05) is 0 Å². The number of aromatic nitrogens is 4. The van der Waals surface area contributed by atoms with Crippen LogP contribution >= 0.6 is 11.3 Å². The zero-order valence-electron chi connectivity index (χ0n) is 12.9. The van der Waals surface area contributed by atoms with Crippen LogP contribution in [0.5, 0.6) is 0 Å². The molecular formula is C16H15N5OS. The standard InChI is InChI=1S/C16H15N5OS/c1-8-17-5-11-14-13(18-7-21(8)14)16(22)20(10-3-4-10)6-12-15(11)23-9(2)19-12/h5,7,10H,3-4,6H2,1-2H3. The molecule has 0 N–H and O–H groups in total. The van der Waals surface area contributed by atoms with Crippen molar-refractivity contribution in [2.45, 2.75) is 39.3 Å². The summed E-state index contributed by atoms with van der Waals surface area (Å²) in [7, 11) is 0. The minimum Gasteiger partial charge on any atom is -0.328 e. The highest BCUT2D eigenvalue weighted by atomic mass is 32.1. The minimum atomic E-state index is 0.0122. The Balaban J connectivity index is 1.88. The second-order valence-corrected chi connectivity index (χ2v) is 7.41. The van der Waals surface area contributed by atoms with E-state index in [-0.39, 0.29) is 5.91 Å². The molecule has 1 aliphatic heterocycles. The number of aryl methyl sites for hydroxylation is 2. The van der Waals surface area contributed by atoms with Crippen LogP contribution in [0.1, 0.15) is 39.9 Å². The summed E-state index contributed by atoms with van der Waals surface area (Å²) in [6.07, 6.45) is 5.71. The second kappa shape index (κ2) is 4.38. The fourth-order valence-corrected chi connectivity index (χ4v) is 4.23. The minimum absolute atomic E-state index is 0.0122. The molecular weight excluding hydrogens is 310 g/mol. The van der Waals surface area contributed by atoms with Crippen LogP contribution in [0.25, 0.3) is 16.0 Å². The zero-order valence-corrected chi connectivity index (χ0v) is 13.7. The number of carbonyl (C=O) groups excluding carboxylic acids is 1. The first-order chi connectivity index (χ1) is 11.1. The van der Waals surface area contributed by atoms with E-state index in [1.165, 1.54) is 0 Å². The fraction of sp³-hybridized carbons (Fsp3) is 0.375. The van der Waals surface area contributed by atoms with Crippen LogP contribution in [0, 0.1) is 13.8 Å². The molecule has 3 aromatic heterocycles. The third-order valence-corrected chi connectivity index (χ3v) is 5.62. The Morgan fingerprint density at radius 3 is 2.87 bits per heavy atom. The number of hydrogen-bond acceptors (Lipinski definition) is 5. The number of nitrogens with zero attached hydrogens (tertiary/aromatic N) is 5. The molecule has 1 aliphatic carbocycles. The highest BCUT2D eigenvalue weighted by Gasteiger charge is 2.37. The molecule has 1 saturated carbocycles. The van der Waals surface area contributed by atoms with Crippen molar-refractivity contribution in [1.82, 2.24) is 24.3 Å². The Labute approximate surface area is 136 Å². The van der Waals surface area contributed by atoms with E-state index in [0.29, 0.717) is 18.3 Å². The number of imidazole rings is 1. The van der Waals surface area contributed by atoms with Gasteiger partial charge in [-0.3, -0.25) is 9.20 Å². The lowest BCUT2D eigenvalue weighted by Crippen LogP contribution is -2.34. The van der Waals surface area contributed by atoms with Gasteiger partial charge in [0.1, 0.15) is 12.2 Å². The molecule has 0 unspecified atom stereocenters. The molecule has 0 aromatic carbocycles. The van der Waals surface area contributed by atoms with Gasteiger partial charge >= 0.3 is 0 Å². The first kappa shape index (κ1) is 13.2. The summed E-state index contributed by atoms with van der Waals surface area (Å²) in [5.74, 6) is 0.842. The summed E-state index contributed by atoms with van der Waals surface area (Å²) in [6.45, 7) is 4.50. The topological polar surface area (TPSA) is 63.4 Å². The Bertz CT molecular complexity index is 968.